The summed E-state index contributed by atoms with van der Waals surface area (Å²) in [5.74, 6) is -0.439. The van der Waals surface area contributed by atoms with E-state index in [2.05, 4.69) is 10.6 Å². The van der Waals surface area contributed by atoms with Gasteiger partial charge in [0, 0.05) is 37.6 Å². The van der Waals surface area contributed by atoms with Crippen molar-refractivity contribution < 1.29 is 22.8 Å². The third-order valence-corrected chi connectivity index (χ3v) is 4.56. The minimum atomic E-state index is -4.38. The third kappa shape index (κ3) is 5.95. The summed E-state index contributed by atoms with van der Waals surface area (Å²) in [4.78, 5) is 27.6. The van der Waals surface area contributed by atoms with Crippen LogP contribution >= 0.6 is 0 Å². The molecule has 0 aromatic heterocycles. The Morgan fingerprint density at radius 1 is 0.931 bits per heavy atom. The number of anilines is 2. The molecule has 0 atom stereocenters. The molecule has 2 aromatic rings. The number of nitrogens with zero attached hydrogens (tertiary/aromatic N) is 2. The van der Waals surface area contributed by atoms with E-state index >= 15 is 0 Å². The number of amides is 3. The molecule has 0 unspecified atom stereocenters. The van der Waals surface area contributed by atoms with Crippen molar-refractivity contribution in [1.29, 1.82) is 0 Å². The zero-order valence-corrected chi connectivity index (χ0v) is 15.6. The van der Waals surface area contributed by atoms with E-state index < -0.39 is 23.7 Å². The van der Waals surface area contributed by atoms with Crippen molar-refractivity contribution in [1.82, 2.24) is 10.2 Å². The monoisotopic (exact) mass is 406 g/mol. The lowest BCUT2D eigenvalue weighted by atomic mass is 10.1. The summed E-state index contributed by atoms with van der Waals surface area (Å²) < 4.78 is 38.6. The van der Waals surface area contributed by atoms with Crippen molar-refractivity contribution in [3.63, 3.8) is 0 Å². The molecule has 2 aromatic carbocycles. The molecule has 3 rings (SSSR count). The Kier molecular flexibility index (Phi) is 6.38. The number of rotatable bonds is 4. The summed E-state index contributed by atoms with van der Waals surface area (Å²) in [6.45, 7) is 2.03. The van der Waals surface area contributed by atoms with Gasteiger partial charge in [-0.2, -0.15) is 13.2 Å². The number of benzene rings is 2. The van der Waals surface area contributed by atoms with Gasteiger partial charge in [-0.25, -0.2) is 4.79 Å². The van der Waals surface area contributed by atoms with Crippen LogP contribution < -0.4 is 15.5 Å². The smallest absolute Gasteiger partial charge is 0.369 e. The molecule has 0 bridgehead atoms. The normalized spacial score (nSPS) is 15.1. The number of imide groups is 1. The lowest BCUT2D eigenvalue weighted by Crippen LogP contribution is -2.50. The highest BCUT2D eigenvalue weighted by atomic mass is 19.4. The second kappa shape index (κ2) is 8.95. The molecule has 6 nitrogen and oxygen atoms in total. The van der Waals surface area contributed by atoms with Gasteiger partial charge in [-0.15, -0.1) is 0 Å². The van der Waals surface area contributed by atoms with Crippen LogP contribution in [0.5, 0.6) is 0 Å². The Morgan fingerprint density at radius 2 is 1.62 bits per heavy atom. The van der Waals surface area contributed by atoms with Crippen LogP contribution in [0.25, 0.3) is 0 Å². The molecule has 154 valence electrons. The van der Waals surface area contributed by atoms with Gasteiger partial charge in [0.15, 0.2) is 0 Å². The molecule has 1 aliphatic heterocycles. The molecule has 1 aliphatic rings. The fourth-order valence-corrected chi connectivity index (χ4v) is 3.10. The predicted octanol–water partition coefficient (Wildman–Crippen LogP) is 3.18. The van der Waals surface area contributed by atoms with E-state index in [1.165, 1.54) is 6.07 Å². The molecule has 1 saturated heterocycles. The van der Waals surface area contributed by atoms with Crippen molar-refractivity contribution in [2.24, 2.45) is 0 Å². The number of nitrogens with one attached hydrogen (secondary N) is 2. The molecule has 29 heavy (non-hydrogen) atoms. The van der Waals surface area contributed by atoms with Crippen LogP contribution in [0.4, 0.5) is 29.3 Å². The highest BCUT2D eigenvalue weighted by Gasteiger charge is 2.31. The minimum Gasteiger partial charge on any atom is -0.369 e. The maximum atomic E-state index is 12.9. The molecule has 2 N–H and O–H groups in total. The first-order valence-corrected chi connectivity index (χ1v) is 9.12. The molecular weight excluding hydrogens is 385 g/mol. The zero-order valence-electron chi connectivity index (χ0n) is 15.6. The van der Waals surface area contributed by atoms with Crippen molar-refractivity contribution >= 4 is 23.3 Å². The Balaban J connectivity index is 1.46. The first-order valence-electron chi connectivity index (χ1n) is 9.12. The summed E-state index contributed by atoms with van der Waals surface area (Å²) in [5, 5.41) is 4.84. The molecule has 0 saturated carbocycles. The van der Waals surface area contributed by atoms with Gasteiger partial charge in [0.2, 0.25) is 5.91 Å². The molecule has 1 heterocycles. The number of alkyl halides is 3. The summed E-state index contributed by atoms with van der Waals surface area (Å²) in [5.41, 5.74) is 0.403. The summed E-state index contributed by atoms with van der Waals surface area (Å²) in [7, 11) is 0. The lowest BCUT2D eigenvalue weighted by molar-refractivity contribution is -0.137. The van der Waals surface area contributed by atoms with Crippen molar-refractivity contribution in [2.75, 3.05) is 42.9 Å². The van der Waals surface area contributed by atoms with Gasteiger partial charge in [-0.1, -0.05) is 24.3 Å². The molecule has 0 spiro atoms. The van der Waals surface area contributed by atoms with E-state index in [0.29, 0.717) is 37.6 Å². The second-order valence-corrected chi connectivity index (χ2v) is 6.68. The van der Waals surface area contributed by atoms with E-state index in [0.717, 1.165) is 12.1 Å². The van der Waals surface area contributed by atoms with Crippen LogP contribution in [0.2, 0.25) is 0 Å². The largest absolute Gasteiger partial charge is 0.416 e. The summed E-state index contributed by atoms with van der Waals surface area (Å²) >= 11 is 0. The zero-order chi connectivity index (χ0) is 20.9. The topological polar surface area (TPSA) is 64.7 Å². The fourth-order valence-electron chi connectivity index (χ4n) is 3.10. The summed E-state index contributed by atoms with van der Waals surface area (Å²) in [6, 6.07) is 13.4. The van der Waals surface area contributed by atoms with Crippen LogP contribution in [0.3, 0.4) is 0 Å². The quantitative estimate of drug-likeness (QED) is 0.819. The van der Waals surface area contributed by atoms with Crippen LogP contribution in [0, 0.1) is 0 Å². The van der Waals surface area contributed by atoms with Gasteiger partial charge < -0.3 is 10.2 Å². The highest BCUT2D eigenvalue weighted by molar-refractivity contribution is 6.01. The molecule has 0 aliphatic carbocycles. The van der Waals surface area contributed by atoms with E-state index in [4.69, 9.17) is 0 Å². The van der Waals surface area contributed by atoms with Gasteiger partial charge >= 0.3 is 12.2 Å². The minimum absolute atomic E-state index is 0.0403. The van der Waals surface area contributed by atoms with Crippen molar-refractivity contribution in [3.05, 3.63) is 60.2 Å². The third-order valence-electron chi connectivity index (χ3n) is 4.56. The summed E-state index contributed by atoms with van der Waals surface area (Å²) in [6.07, 6.45) is -4.38. The fraction of sp³-hybridized carbons (Fsp3) is 0.300. The van der Waals surface area contributed by atoms with Crippen LogP contribution in [0.1, 0.15) is 5.56 Å². The number of piperazine rings is 1. The average molecular weight is 406 g/mol. The number of hydrogen-bond donors (Lipinski definition) is 2. The van der Waals surface area contributed by atoms with Crippen molar-refractivity contribution in [3.8, 4) is 0 Å². The number of urea groups is 1. The van der Waals surface area contributed by atoms with E-state index in [1.54, 1.807) is 30.3 Å². The van der Waals surface area contributed by atoms with E-state index in [1.807, 2.05) is 15.9 Å². The number of carbonyl (C=O) groups excluding carboxylic acids is 2. The highest BCUT2D eigenvalue weighted by Crippen LogP contribution is 2.31. The SMILES string of the molecule is O=C(CN1CCN(c2cccc(C(F)(F)F)c2)CC1)NC(=O)Nc1ccccc1. The van der Waals surface area contributed by atoms with Gasteiger partial charge in [-0.05, 0) is 30.3 Å². The first kappa shape index (κ1) is 20.7. The van der Waals surface area contributed by atoms with Gasteiger partial charge in [0.05, 0.1) is 12.1 Å². The maximum absolute atomic E-state index is 12.9. The van der Waals surface area contributed by atoms with Crippen LogP contribution in [0.15, 0.2) is 54.6 Å². The standard InChI is InChI=1S/C20H21F3N4O2/c21-20(22,23)15-5-4-8-17(13-15)27-11-9-26(10-12-27)14-18(28)25-19(29)24-16-6-2-1-3-7-16/h1-8,13H,9-12,14H2,(H2,24,25,28,29). The van der Waals surface area contributed by atoms with Gasteiger partial charge in [0.25, 0.3) is 0 Å². The van der Waals surface area contributed by atoms with Crippen LogP contribution in [-0.4, -0.2) is 49.6 Å². The Labute approximate surface area is 166 Å². The van der Waals surface area contributed by atoms with Crippen LogP contribution in [-0.2, 0) is 11.0 Å². The molecular formula is C20H21F3N4O2. The van der Waals surface area contributed by atoms with E-state index in [-0.39, 0.29) is 6.54 Å². The molecule has 0 radical (unpaired) electrons. The molecule has 9 heteroatoms. The number of carbonyl (C=O) groups is 2. The Hall–Kier alpha value is -3.07. The number of hydrogen-bond acceptors (Lipinski definition) is 4. The van der Waals surface area contributed by atoms with Gasteiger partial charge in [-0.3, -0.25) is 15.0 Å². The predicted molar refractivity (Wildman–Crippen MR) is 104 cm³/mol. The first-order chi connectivity index (χ1) is 13.8. The number of halogens is 3. The molecule has 3 amide bonds. The lowest BCUT2D eigenvalue weighted by Gasteiger charge is -2.35. The van der Waals surface area contributed by atoms with E-state index in [9.17, 15) is 22.8 Å². The number of para-hydroxylation sites is 1. The maximum Gasteiger partial charge on any atom is 0.416 e. The Bertz CT molecular complexity index is 850. The average Bonchev–Trinajstić information content (AvgIpc) is 2.68. The Morgan fingerprint density at radius 3 is 2.28 bits per heavy atom. The molecule has 1 fully saturated rings. The second-order valence-electron chi connectivity index (χ2n) is 6.68. The van der Waals surface area contributed by atoms with Crippen molar-refractivity contribution in [2.45, 2.75) is 6.18 Å². The van der Waals surface area contributed by atoms with Gasteiger partial charge in [0.1, 0.15) is 0 Å².